The molecule has 1 aromatic rings. The van der Waals surface area contributed by atoms with Gasteiger partial charge in [-0.05, 0) is 17.4 Å². The van der Waals surface area contributed by atoms with E-state index >= 15 is 0 Å². The van der Waals surface area contributed by atoms with E-state index in [4.69, 9.17) is 0 Å². The number of piperazine rings is 1. The van der Waals surface area contributed by atoms with Gasteiger partial charge in [0.25, 0.3) is 0 Å². The maximum Gasteiger partial charge on any atom is 0.0473 e. The molecule has 1 N–H and O–H groups in total. The van der Waals surface area contributed by atoms with Gasteiger partial charge in [0.1, 0.15) is 0 Å². The van der Waals surface area contributed by atoms with Gasteiger partial charge in [0, 0.05) is 32.2 Å². The highest BCUT2D eigenvalue weighted by atomic mass is 15.2. The van der Waals surface area contributed by atoms with Gasteiger partial charge in [0.15, 0.2) is 0 Å². The molecule has 1 saturated heterocycles. The minimum Gasteiger partial charge on any atom is -0.314 e. The van der Waals surface area contributed by atoms with Gasteiger partial charge in [0.05, 0.1) is 0 Å². The Kier molecular flexibility index (Phi) is 6.25. The molecule has 1 aromatic carbocycles. The van der Waals surface area contributed by atoms with E-state index in [-0.39, 0.29) is 0 Å². The molecule has 2 heteroatoms. The zero-order chi connectivity index (χ0) is 15.1. The third-order valence-electron chi connectivity index (χ3n) is 4.63. The van der Waals surface area contributed by atoms with Gasteiger partial charge in [-0.2, -0.15) is 0 Å². The molecule has 0 bridgehead atoms. The number of hydrogen-bond donors (Lipinski definition) is 1. The topological polar surface area (TPSA) is 15.3 Å². The Morgan fingerprint density at radius 2 is 1.95 bits per heavy atom. The normalized spacial score (nSPS) is 20.6. The third kappa shape index (κ3) is 5.12. The molecule has 0 aromatic heterocycles. The fourth-order valence-electron chi connectivity index (χ4n) is 3.42. The molecule has 21 heavy (non-hydrogen) atoms. The number of rotatable bonds is 7. The van der Waals surface area contributed by atoms with Crippen molar-refractivity contribution in [2.45, 2.75) is 52.5 Å². The fraction of sp³-hybridized carbons (Fsp3) is 0.684. The van der Waals surface area contributed by atoms with E-state index < -0.39 is 0 Å². The minimum atomic E-state index is 0.416. The molecule has 2 nitrogen and oxygen atoms in total. The molecule has 1 atom stereocenters. The summed E-state index contributed by atoms with van der Waals surface area (Å²) >= 11 is 0. The summed E-state index contributed by atoms with van der Waals surface area (Å²) in [5, 5.41) is 3.56. The van der Waals surface area contributed by atoms with Crippen molar-refractivity contribution in [1.29, 1.82) is 0 Å². The van der Waals surface area contributed by atoms with Crippen LogP contribution in [0.15, 0.2) is 30.3 Å². The molecule has 0 amide bonds. The third-order valence-corrected chi connectivity index (χ3v) is 4.63. The molecular weight excluding hydrogens is 256 g/mol. The molecule has 0 saturated carbocycles. The lowest BCUT2D eigenvalue weighted by Gasteiger charge is -2.41. The van der Waals surface area contributed by atoms with Crippen LogP contribution in [0, 0.1) is 5.41 Å². The van der Waals surface area contributed by atoms with Gasteiger partial charge in [-0.25, -0.2) is 0 Å². The molecule has 1 aliphatic rings. The zero-order valence-corrected chi connectivity index (χ0v) is 14.1. The van der Waals surface area contributed by atoms with Crippen molar-refractivity contribution in [1.82, 2.24) is 10.2 Å². The Hall–Kier alpha value is -0.860. The summed E-state index contributed by atoms with van der Waals surface area (Å²) in [4.78, 5) is 2.69. The molecule has 1 fully saturated rings. The highest BCUT2D eigenvalue weighted by molar-refractivity contribution is 5.20. The van der Waals surface area contributed by atoms with E-state index in [1.165, 1.54) is 37.8 Å². The Balaban J connectivity index is 1.98. The molecule has 2 rings (SSSR count). The van der Waals surface area contributed by atoms with Crippen molar-refractivity contribution < 1.29 is 0 Å². The first-order chi connectivity index (χ1) is 10.1. The summed E-state index contributed by atoms with van der Waals surface area (Å²) < 4.78 is 0. The van der Waals surface area contributed by atoms with Crippen molar-refractivity contribution >= 4 is 0 Å². The molecule has 0 spiro atoms. The average Bonchev–Trinajstić information content (AvgIpc) is 2.48. The van der Waals surface area contributed by atoms with Crippen molar-refractivity contribution in [2.75, 3.05) is 26.2 Å². The number of hydrogen-bond acceptors (Lipinski definition) is 2. The van der Waals surface area contributed by atoms with E-state index in [1.54, 1.807) is 0 Å². The van der Waals surface area contributed by atoms with Crippen LogP contribution in [0.1, 0.15) is 58.1 Å². The smallest absolute Gasteiger partial charge is 0.0473 e. The molecule has 118 valence electrons. The fourth-order valence-corrected chi connectivity index (χ4v) is 3.42. The predicted octanol–water partition coefficient (Wildman–Crippen LogP) is 4.24. The molecule has 1 heterocycles. The Bertz CT molecular complexity index is 399. The second-order valence-corrected chi connectivity index (χ2v) is 7.22. The first kappa shape index (κ1) is 16.5. The quantitative estimate of drug-likeness (QED) is 0.755. The maximum atomic E-state index is 3.56. The molecule has 0 aliphatic carbocycles. The van der Waals surface area contributed by atoms with Crippen molar-refractivity contribution in [3.05, 3.63) is 35.9 Å². The summed E-state index contributed by atoms with van der Waals surface area (Å²) in [5.41, 5.74) is 1.87. The summed E-state index contributed by atoms with van der Waals surface area (Å²) in [5.74, 6) is 0. The summed E-state index contributed by atoms with van der Waals surface area (Å²) in [6.07, 6.45) is 5.39. The van der Waals surface area contributed by atoms with Crippen LogP contribution in [0.3, 0.4) is 0 Å². The molecule has 1 unspecified atom stereocenters. The van der Waals surface area contributed by atoms with Gasteiger partial charge >= 0.3 is 0 Å². The van der Waals surface area contributed by atoms with Crippen molar-refractivity contribution in [3.63, 3.8) is 0 Å². The van der Waals surface area contributed by atoms with E-state index in [0.29, 0.717) is 11.5 Å². The number of nitrogens with zero attached hydrogens (tertiary/aromatic N) is 1. The Morgan fingerprint density at radius 3 is 2.67 bits per heavy atom. The second kappa shape index (κ2) is 7.95. The predicted molar refractivity (Wildman–Crippen MR) is 91.5 cm³/mol. The van der Waals surface area contributed by atoms with Crippen LogP contribution in [-0.4, -0.2) is 31.1 Å². The van der Waals surface area contributed by atoms with Crippen LogP contribution in [0.5, 0.6) is 0 Å². The van der Waals surface area contributed by atoms with Crippen LogP contribution in [0.25, 0.3) is 0 Å². The van der Waals surface area contributed by atoms with E-state index in [0.717, 1.165) is 19.6 Å². The van der Waals surface area contributed by atoms with E-state index in [2.05, 4.69) is 61.3 Å². The number of benzene rings is 1. The van der Waals surface area contributed by atoms with Crippen LogP contribution < -0.4 is 5.32 Å². The maximum absolute atomic E-state index is 3.56. The Labute approximate surface area is 130 Å². The summed E-state index contributed by atoms with van der Waals surface area (Å²) in [6.45, 7) is 11.7. The second-order valence-electron chi connectivity index (χ2n) is 7.22. The van der Waals surface area contributed by atoms with Gasteiger partial charge in [-0.1, -0.05) is 70.4 Å². The van der Waals surface area contributed by atoms with Crippen LogP contribution >= 0.6 is 0 Å². The lowest BCUT2D eigenvalue weighted by Crippen LogP contribution is -2.49. The largest absolute Gasteiger partial charge is 0.314 e. The minimum absolute atomic E-state index is 0.416. The number of unbranched alkanes of at least 4 members (excludes halogenated alkanes) is 2. The lowest BCUT2D eigenvalue weighted by atomic mass is 9.85. The molecule has 0 radical (unpaired) electrons. The van der Waals surface area contributed by atoms with Crippen molar-refractivity contribution in [2.24, 2.45) is 5.41 Å². The molecule has 1 aliphatic heterocycles. The standard InChI is InChI=1S/C19H32N2/c1-4-5-9-12-19(2,3)16-21-14-13-20-15-18(21)17-10-7-6-8-11-17/h6-8,10-11,18,20H,4-5,9,12-16H2,1-3H3. The van der Waals surface area contributed by atoms with Crippen LogP contribution in [0.2, 0.25) is 0 Å². The monoisotopic (exact) mass is 288 g/mol. The van der Waals surface area contributed by atoms with E-state index in [1.807, 2.05) is 0 Å². The first-order valence-corrected chi connectivity index (χ1v) is 8.62. The number of nitrogens with one attached hydrogen (secondary N) is 1. The van der Waals surface area contributed by atoms with Gasteiger partial charge in [-0.15, -0.1) is 0 Å². The first-order valence-electron chi connectivity index (χ1n) is 8.62. The Morgan fingerprint density at radius 1 is 1.19 bits per heavy atom. The lowest BCUT2D eigenvalue weighted by molar-refractivity contribution is 0.0994. The SMILES string of the molecule is CCCCCC(C)(C)CN1CCNCC1c1ccccc1. The van der Waals surface area contributed by atoms with Gasteiger partial charge in [0.2, 0.25) is 0 Å². The van der Waals surface area contributed by atoms with Crippen LogP contribution in [-0.2, 0) is 0 Å². The zero-order valence-electron chi connectivity index (χ0n) is 14.1. The van der Waals surface area contributed by atoms with E-state index in [9.17, 15) is 0 Å². The van der Waals surface area contributed by atoms with Crippen LogP contribution in [0.4, 0.5) is 0 Å². The summed E-state index contributed by atoms with van der Waals surface area (Å²) in [7, 11) is 0. The average molecular weight is 288 g/mol. The molecular formula is C19H32N2. The van der Waals surface area contributed by atoms with Gasteiger partial charge in [-0.3, -0.25) is 4.90 Å². The van der Waals surface area contributed by atoms with Crippen molar-refractivity contribution in [3.8, 4) is 0 Å². The summed E-state index contributed by atoms with van der Waals surface area (Å²) in [6, 6.07) is 11.5. The van der Waals surface area contributed by atoms with Gasteiger partial charge < -0.3 is 5.32 Å². The highest BCUT2D eigenvalue weighted by Gasteiger charge is 2.29. The highest BCUT2D eigenvalue weighted by Crippen LogP contribution is 2.30.